The molecule has 0 amide bonds. The summed E-state index contributed by atoms with van der Waals surface area (Å²) in [5.41, 5.74) is 0. The molecular formula is H10BaO8Pb2S2. The van der Waals surface area contributed by atoms with Crippen molar-refractivity contribution in [2.24, 2.45) is 0 Å². The summed E-state index contributed by atoms with van der Waals surface area (Å²) >= 11 is 0. The van der Waals surface area contributed by atoms with Gasteiger partial charge in [-0.25, -0.2) is 0 Å². The van der Waals surface area contributed by atoms with Gasteiger partial charge in [0, 0.05) is 0 Å². The van der Waals surface area contributed by atoms with Crippen molar-refractivity contribution < 1.29 is 35.0 Å². The molecule has 80 valence electrons. The molecule has 8 nitrogen and oxygen atoms in total. The van der Waals surface area contributed by atoms with Crippen molar-refractivity contribution in [1.82, 2.24) is 0 Å². The van der Waals surface area contributed by atoms with Crippen LogP contribution in [0.2, 0.25) is 0 Å². The molecule has 0 aromatic carbocycles. The summed E-state index contributed by atoms with van der Waals surface area (Å²) in [6.07, 6.45) is 0. The van der Waals surface area contributed by atoms with E-state index in [1.165, 1.54) is 0 Å². The van der Waals surface area contributed by atoms with Gasteiger partial charge in [0.25, 0.3) is 0 Å². The van der Waals surface area contributed by atoms with Gasteiger partial charge >= 0.3 is 124 Å². The average molecular weight is 754 g/mol. The molecule has 0 aliphatic heterocycles. The Morgan fingerprint density at radius 2 is 0.615 bits per heavy atom. The van der Waals surface area contributed by atoms with Crippen molar-refractivity contribution in [2.75, 3.05) is 0 Å². The third-order valence-electron chi connectivity index (χ3n) is 0. The quantitative estimate of drug-likeness (QED) is 0.145. The zero-order valence-electron chi connectivity index (χ0n) is 5.65. The summed E-state index contributed by atoms with van der Waals surface area (Å²) in [6.45, 7) is 0. The van der Waals surface area contributed by atoms with E-state index in [0.717, 1.165) is 0 Å². The minimum absolute atomic E-state index is 0. The van der Waals surface area contributed by atoms with E-state index < -0.39 is 20.8 Å². The molecule has 13 heavy (non-hydrogen) atoms. The molecule has 4 N–H and O–H groups in total. The van der Waals surface area contributed by atoms with Gasteiger partial charge in [0.05, 0.1) is 0 Å². The first-order valence-electron chi connectivity index (χ1n) is 1.40. The topological polar surface area (TPSA) is 149 Å². The van der Waals surface area contributed by atoms with Crippen LogP contribution in [0, 0.1) is 0 Å². The monoisotopic (exact) mass is 756 g/mol. The fraction of sp³-hybridized carbons (Fsp3) is 0. The van der Waals surface area contributed by atoms with E-state index in [2.05, 4.69) is 0 Å². The van der Waals surface area contributed by atoms with Crippen LogP contribution >= 0.6 is 0 Å². The van der Waals surface area contributed by atoms with E-state index in [-0.39, 0.29) is 103 Å². The Kier molecular flexibility index (Phi) is 30.3. The molecule has 0 bridgehead atoms. The van der Waals surface area contributed by atoms with Crippen molar-refractivity contribution in [2.45, 2.75) is 0 Å². The van der Waals surface area contributed by atoms with Gasteiger partial charge < -0.3 is 0 Å². The molecular weight excluding hydrogens is 744 g/mol. The second kappa shape index (κ2) is 13.2. The third-order valence-corrected chi connectivity index (χ3v) is 0. The van der Waals surface area contributed by atoms with E-state index in [1.807, 2.05) is 0 Å². The molecule has 0 saturated carbocycles. The maximum absolute atomic E-state index is 8.74. The summed E-state index contributed by atoms with van der Waals surface area (Å²) in [4.78, 5) is 0. The van der Waals surface area contributed by atoms with Crippen LogP contribution in [0.15, 0.2) is 0 Å². The van der Waals surface area contributed by atoms with Gasteiger partial charge in [0.2, 0.25) is 0 Å². The average Bonchev–Trinajstić information content (AvgIpc) is 1.12. The standard InChI is InChI=1S/Ba.2H2O4S.2Pb.6H/c;2*1-5(2,3)4;;;;;;;;/h;2*(H2,1,2,3,4);;;;;;;;. The fourth-order valence-corrected chi connectivity index (χ4v) is 0. The van der Waals surface area contributed by atoms with Crippen molar-refractivity contribution in [1.29, 1.82) is 0 Å². The van der Waals surface area contributed by atoms with Crippen LogP contribution in [0.5, 0.6) is 0 Å². The van der Waals surface area contributed by atoms with E-state index in [4.69, 9.17) is 35.0 Å². The van der Waals surface area contributed by atoms with E-state index in [1.54, 1.807) is 0 Å². The van der Waals surface area contributed by atoms with Crippen molar-refractivity contribution in [3.05, 3.63) is 0 Å². The van der Waals surface area contributed by atoms with Gasteiger partial charge in [0.15, 0.2) is 0 Å². The van der Waals surface area contributed by atoms with E-state index in [0.29, 0.717) is 0 Å². The molecule has 0 saturated heterocycles. The Hall–Kier alpha value is 3.16. The molecule has 0 aliphatic carbocycles. The second-order valence-corrected chi connectivity index (χ2v) is 2.69. The first-order valence-corrected chi connectivity index (χ1v) is 4.19. The molecule has 4 radical (unpaired) electrons. The first-order chi connectivity index (χ1) is 4.00. The van der Waals surface area contributed by atoms with Gasteiger partial charge in [-0.15, -0.1) is 0 Å². The second-order valence-electron chi connectivity index (χ2n) is 0.896. The zero-order chi connectivity index (χ0) is 9.00. The van der Waals surface area contributed by atoms with Crippen molar-refractivity contribution >= 4 is 124 Å². The SMILES string of the molecule is O=S(=O)(O)O.O=S(=O)(O)O.[BaH2].[PbH2].[PbH2]. The van der Waals surface area contributed by atoms with Crippen LogP contribution in [0.3, 0.4) is 0 Å². The summed E-state index contributed by atoms with van der Waals surface area (Å²) < 4.78 is 63.2. The molecule has 0 aliphatic rings. The predicted octanol–water partition coefficient (Wildman–Crippen LogP) is -4.05. The molecule has 13 heteroatoms. The molecule has 0 spiro atoms. The van der Waals surface area contributed by atoms with Crippen LogP contribution in [0.25, 0.3) is 0 Å². The summed E-state index contributed by atoms with van der Waals surface area (Å²) in [7, 11) is -9.33. The summed E-state index contributed by atoms with van der Waals surface area (Å²) in [6, 6.07) is 0. The number of rotatable bonds is 0. The predicted molar refractivity (Wildman–Crippen MR) is 54.0 cm³/mol. The van der Waals surface area contributed by atoms with E-state index >= 15 is 0 Å². The Morgan fingerprint density at radius 1 is 0.615 bits per heavy atom. The molecule has 0 rings (SSSR count). The molecule has 0 atom stereocenters. The van der Waals surface area contributed by atoms with Gasteiger partial charge in [-0.2, -0.15) is 16.8 Å². The first kappa shape index (κ1) is 29.8. The van der Waals surface area contributed by atoms with Gasteiger partial charge in [0.1, 0.15) is 0 Å². The van der Waals surface area contributed by atoms with Gasteiger partial charge in [-0.1, -0.05) is 0 Å². The van der Waals surface area contributed by atoms with Gasteiger partial charge in [-0.3, -0.25) is 18.2 Å². The van der Waals surface area contributed by atoms with Crippen LogP contribution < -0.4 is 0 Å². The fourth-order valence-electron chi connectivity index (χ4n) is 0. The Labute approximate surface area is 156 Å². The molecule has 0 heterocycles. The molecule has 0 aromatic heterocycles. The van der Waals surface area contributed by atoms with Crippen LogP contribution in [0.4, 0.5) is 0 Å². The van der Waals surface area contributed by atoms with E-state index in [9.17, 15) is 0 Å². The normalized spacial score (nSPS) is 8.92. The maximum atomic E-state index is 8.74. The van der Waals surface area contributed by atoms with Crippen LogP contribution in [0.1, 0.15) is 0 Å². The Bertz CT molecular complexity index is 217. The molecule has 0 fully saturated rings. The summed E-state index contributed by atoms with van der Waals surface area (Å²) in [5, 5.41) is 0. The molecule has 0 aromatic rings. The Morgan fingerprint density at radius 3 is 0.615 bits per heavy atom. The zero-order valence-corrected chi connectivity index (χ0v) is 18.3. The third kappa shape index (κ3) is 263. The number of hydrogen-bond donors (Lipinski definition) is 4. The number of hydrogen-bond acceptors (Lipinski definition) is 4. The van der Waals surface area contributed by atoms with Crippen LogP contribution in [-0.4, -0.2) is 139 Å². The summed E-state index contributed by atoms with van der Waals surface area (Å²) in [5.74, 6) is 0. The van der Waals surface area contributed by atoms with Crippen LogP contribution in [-0.2, 0) is 20.8 Å². The Balaban J connectivity index is -0.0000000267. The van der Waals surface area contributed by atoms with Crippen molar-refractivity contribution in [3.8, 4) is 0 Å². The van der Waals surface area contributed by atoms with Gasteiger partial charge in [-0.05, 0) is 0 Å². The van der Waals surface area contributed by atoms with Crippen molar-refractivity contribution in [3.63, 3.8) is 0 Å². The minimum atomic E-state index is -4.67. The molecule has 0 unspecified atom stereocenters.